The van der Waals surface area contributed by atoms with E-state index in [1.54, 1.807) is 13.8 Å². The molecule has 0 aliphatic heterocycles. The topological polar surface area (TPSA) is 35.2 Å². The maximum absolute atomic E-state index is 12.1. The number of hydrogen-bond donors (Lipinski definition) is 1. The fourth-order valence-electron chi connectivity index (χ4n) is 0.789. The normalized spacial score (nSPS) is 15.2. The van der Waals surface area contributed by atoms with Crippen molar-refractivity contribution in [3.05, 3.63) is 0 Å². The van der Waals surface area contributed by atoms with Crippen molar-refractivity contribution in [3.8, 4) is 0 Å². The van der Waals surface area contributed by atoms with Gasteiger partial charge in [0.1, 0.15) is 0 Å². The van der Waals surface area contributed by atoms with Crippen molar-refractivity contribution in [1.29, 1.82) is 0 Å². The standard InChI is InChI=1S/C7H14F3NO/c1-5(2)12-6(3-4-11)7(8,9)10/h5-6H,3-4,11H2,1-2H3. The Labute approximate surface area is 69.9 Å². The second-order valence-electron chi connectivity index (χ2n) is 2.79. The van der Waals surface area contributed by atoms with E-state index >= 15 is 0 Å². The van der Waals surface area contributed by atoms with Crippen molar-refractivity contribution in [1.82, 2.24) is 0 Å². The van der Waals surface area contributed by atoms with Crippen molar-refractivity contribution >= 4 is 0 Å². The van der Waals surface area contributed by atoms with Crippen LogP contribution in [0, 0.1) is 0 Å². The molecule has 0 bridgehead atoms. The minimum Gasteiger partial charge on any atom is -0.366 e. The summed E-state index contributed by atoms with van der Waals surface area (Å²) in [6.07, 6.45) is -6.63. The van der Waals surface area contributed by atoms with Crippen LogP contribution in [0.4, 0.5) is 13.2 Å². The number of halogens is 3. The quantitative estimate of drug-likeness (QED) is 0.723. The van der Waals surface area contributed by atoms with E-state index < -0.39 is 18.4 Å². The summed E-state index contributed by atoms with van der Waals surface area (Å²) in [5.74, 6) is 0. The average Bonchev–Trinajstić information content (AvgIpc) is 1.83. The van der Waals surface area contributed by atoms with Gasteiger partial charge in [-0.25, -0.2) is 0 Å². The van der Waals surface area contributed by atoms with Crippen LogP contribution in [-0.4, -0.2) is 24.9 Å². The maximum Gasteiger partial charge on any atom is 0.414 e. The first-order valence-corrected chi connectivity index (χ1v) is 3.80. The summed E-state index contributed by atoms with van der Waals surface area (Å²) in [6.45, 7) is 3.11. The van der Waals surface area contributed by atoms with Gasteiger partial charge in [0.25, 0.3) is 0 Å². The van der Waals surface area contributed by atoms with E-state index in [4.69, 9.17) is 5.73 Å². The molecule has 1 atom stereocenters. The summed E-state index contributed by atoms with van der Waals surface area (Å²) in [7, 11) is 0. The van der Waals surface area contributed by atoms with Crippen molar-refractivity contribution in [3.63, 3.8) is 0 Å². The number of alkyl halides is 3. The summed E-state index contributed by atoms with van der Waals surface area (Å²) in [5.41, 5.74) is 5.02. The number of hydrogen-bond acceptors (Lipinski definition) is 2. The monoisotopic (exact) mass is 185 g/mol. The molecule has 0 aromatic carbocycles. The van der Waals surface area contributed by atoms with E-state index in [0.717, 1.165) is 0 Å². The first-order chi connectivity index (χ1) is 5.38. The third-order valence-electron chi connectivity index (χ3n) is 1.23. The molecular formula is C7H14F3NO. The Morgan fingerprint density at radius 3 is 2.08 bits per heavy atom. The molecule has 1 unspecified atom stereocenters. The first kappa shape index (κ1) is 11.7. The van der Waals surface area contributed by atoms with Crippen molar-refractivity contribution in [2.45, 2.75) is 38.7 Å². The Bertz CT molecular complexity index is 124. The minimum absolute atomic E-state index is 0.0170. The van der Waals surface area contributed by atoms with Crippen molar-refractivity contribution in [2.75, 3.05) is 6.54 Å². The molecule has 2 N–H and O–H groups in total. The predicted molar refractivity (Wildman–Crippen MR) is 39.7 cm³/mol. The Morgan fingerprint density at radius 2 is 1.83 bits per heavy atom. The van der Waals surface area contributed by atoms with E-state index in [1.165, 1.54) is 0 Å². The van der Waals surface area contributed by atoms with Crippen LogP contribution in [0.5, 0.6) is 0 Å². The third kappa shape index (κ3) is 4.56. The van der Waals surface area contributed by atoms with Gasteiger partial charge in [0.2, 0.25) is 0 Å². The highest BCUT2D eigenvalue weighted by Crippen LogP contribution is 2.25. The molecule has 0 aliphatic rings. The fraction of sp³-hybridized carbons (Fsp3) is 1.00. The zero-order valence-electron chi connectivity index (χ0n) is 7.19. The Morgan fingerprint density at radius 1 is 1.33 bits per heavy atom. The van der Waals surface area contributed by atoms with Crippen LogP contribution >= 0.6 is 0 Å². The lowest BCUT2D eigenvalue weighted by molar-refractivity contribution is -0.230. The summed E-state index contributed by atoms with van der Waals surface area (Å²) in [5, 5.41) is 0. The molecule has 0 aromatic heterocycles. The van der Waals surface area contributed by atoms with Crippen LogP contribution in [0.1, 0.15) is 20.3 Å². The van der Waals surface area contributed by atoms with Crippen LogP contribution in [-0.2, 0) is 4.74 Å². The molecule has 0 radical (unpaired) electrons. The zero-order chi connectivity index (χ0) is 9.78. The lowest BCUT2D eigenvalue weighted by Gasteiger charge is -2.22. The number of rotatable bonds is 4. The van der Waals surface area contributed by atoms with E-state index in [1.807, 2.05) is 0 Å². The third-order valence-corrected chi connectivity index (χ3v) is 1.23. The summed E-state index contributed by atoms with van der Waals surface area (Å²) >= 11 is 0. The second-order valence-corrected chi connectivity index (χ2v) is 2.79. The molecule has 0 aliphatic carbocycles. The van der Waals surface area contributed by atoms with Gasteiger partial charge in [0.15, 0.2) is 6.10 Å². The smallest absolute Gasteiger partial charge is 0.366 e. The summed E-state index contributed by atoms with van der Waals surface area (Å²) in [4.78, 5) is 0. The molecule has 5 heteroatoms. The highest BCUT2D eigenvalue weighted by Gasteiger charge is 2.40. The molecular weight excluding hydrogens is 171 g/mol. The van der Waals surface area contributed by atoms with E-state index in [0.29, 0.717) is 0 Å². The van der Waals surface area contributed by atoms with Gasteiger partial charge in [0.05, 0.1) is 6.10 Å². The number of ether oxygens (including phenoxy) is 1. The van der Waals surface area contributed by atoms with Crippen LogP contribution < -0.4 is 5.73 Å². The van der Waals surface area contributed by atoms with Gasteiger partial charge in [-0.2, -0.15) is 13.2 Å². The Hall–Kier alpha value is -0.290. The van der Waals surface area contributed by atoms with Crippen LogP contribution in [0.2, 0.25) is 0 Å². The molecule has 0 saturated heterocycles. The molecule has 0 spiro atoms. The van der Waals surface area contributed by atoms with Crippen molar-refractivity contribution in [2.24, 2.45) is 5.73 Å². The van der Waals surface area contributed by atoms with Gasteiger partial charge in [-0.05, 0) is 26.8 Å². The molecule has 2 nitrogen and oxygen atoms in total. The lowest BCUT2D eigenvalue weighted by Crippen LogP contribution is -2.35. The summed E-state index contributed by atoms with van der Waals surface area (Å²) < 4.78 is 40.9. The van der Waals surface area contributed by atoms with Crippen LogP contribution in [0.3, 0.4) is 0 Å². The van der Waals surface area contributed by atoms with Gasteiger partial charge in [0, 0.05) is 0 Å². The molecule has 0 fully saturated rings. The van der Waals surface area contributed by atoms with Crippen LogP contribution in [0.15, 0.2) is 0 Å². The average molecular weight is 185 g/mol. The second kappa shape index (κ2) is 4.67. The minimum atomic E-state index is -4.30. The van der Waals surface area contributed by atoms with Gasteiger partial charge in [-0.15, -0.1) is 0 Å². The first-order valence-electron chi connectivity index (χ1n) is 3.80. The molecule has 0 aromatic rings. The van der Waals surface area contributed by atoms with Crippen LogP contribution in [0.25, 0.3) is 0 Å². The van der Waals surface area contributed by atoms with E-state index in [9.17, 15) is 13.2 Å². The molecule has 0 amide bonds. The fourth-order valence-corrected chi connectivity index (χ4v) is 0.789. The molecule has 74 valence electrons. The highest BCUT2D eigenvalue weighted by atomic mass is 19.4. The van der Waals surface area contributed by atoms with Gasteiger partial charge in [-0.3, -0.25) is 0 Å². The molecule has 0 heterocycles. The molecule has 0 rings (SSSR count). The SMILES string of the molecule is CC(C)OC(CCN)C(F)(F)F. The highest BCUT2D eigenvalue weighted by molar-refractivity contribution is 4.68. The molecule has 0 saturated carbocycles. The van der Waals surface area contributed by atoms with E-state index in [-0.39, 0.29) is 13.0 Å². The van der Waals surface area contributed by atoms with E-state index in [2.05, 4.69) is 4.74 Å². The van der Waals surface area contributed by atoms with Crippen molar-refractivity contribution < 1.29 is 17.9 Å². The predicted octanol–water partition coefficient (Wildman–Crippen LogP) is 1.69. The lowest BCUT2D eigenvalue weighted by atomic mass is 10.2. The largest absolute Gasteiger partial charge is 0.414 e. The molecule has 12 heavy (non-hydrogen) atoms. The Kier molecular flexibility index (Phi) is 4.55. The van der Waals surface area contributed by atoms with Gasteiger partial charge < -0.3 is 10.5 Å². The maximum atomic E-state index is 12.1. The van der Waals surface area contributed by atoms with Gasteiger partial charge >= 0.3 is 6.18 Å². The Balaban J connectivity index is 4.04. The van der Waals surface area contributed by atoms with Gasteiger partial charge in [-0.1, -0.05) is 0 Å². The number of nitrogens with two attached hydrogens (primary N) is 1. The zero-order valence-corrected chi connectivity index (χ0v) is 7.19. The summed E-state index contributed by atoms with van der Waals surface area (Å²) in [6, 6.07) is 0.